The number of carbonyl (C=O) groups is 1. The Morgan fingerprint density at radius 3 is 2.41 bits per heavy atom. The van der Waals surface area contributed by atoms with E-state index in [0.717, 1.165) is 58.6 Å². The molecule has 0 amide bonds. The summed E-state index contributed by atoms with van der Waals surface area (Å²) in [5, 5.41) is 0. The monoisotopic (exact) mass is 552 g/mol. The van der Waals surface area contributed by atoms with Gasteiger partial charge in [0.05, 0.1) is 18.0 Å². The van der Waals surface area contributed by atoms with Gasteiger partial charge in [0.15, 0.2) is 5.84 Å². The fraction of sp³-hybridized carbons (Fsp3) is 0.273. The van der Waals surface area contributed by atoms with E-state index in [2.05, 4.69) is 17.4 Å². The Labute approximate surface area is 240 Å². The quantitative estimate of drug-likeness (QED) is 0.107. The number of aliphatic imine (C=N–C) groups is 1. The minimum atomic E-state index is -0.0489. The Morgan fingerprint density at radius 1 is 1.02 bits per heavy atom. The van der Waals surface area contributed by atoms with Crippen molar-refractivity contribution < 1.29 is 14.4 Å². The molecule has 1 aromatic heterocycles. The lowest BCUT2D eigenvalue weighted by molar-refractivity contribution is -0.132. The molecule has 4 aromatic rings. The van der Waals surface area contributed by atoms with E-state index in [4.69, 9.17) is 14.6 Å². The lowest BCUT2D eigenvalue weighted by Gasteiger charge is -2.16. The second-order valence-electron chi connectivity index (χ2n) is 9.56. The molecule has 0 atom stereocenters. The van der Waals surface area contributed by atoms with Crippen LogP contribution in [0.25, 0.3) is 16.8 Å². The van der Waals surface area contributed by atoms with Crippen LogP contribution in [0.3, 0.4) is 0 Å². The van der Waals surface area contributed by atoms with Crippen LogP contribution in [0.1, 0.15) is 54.9 Å². The highest BCUT2D eigenvalue weighted by atomic mass is 16.7. The molecule has 0 aliphatic carbocycles. The van der Waals surface area contributed by atoms with Crippen molar-refractivity contribution in [3.8, 4) is 22.6 Å². The Morgan fingerprint density at radius 2 is 1.76 bits per heavy atom. The second-order valence-corrected chi connectivity index (χ2v) is 9.56. The number of amidine groups is 1. The van der Waals surface area contributed by atoms with Crippen molar-refractivity contribution in [1.29, 1.82) is 0 Å². The fourth-order valence-corrected chi connectivity index (χ4v) is 4.86. The van der Waals surface area contributed by atoms with Crippen molar-refractivity contribution in [2.24, 2.45) is 4.99 Å². The Balaban J connectivity index is 1.69. The molecule has 0 fully saturated rings. The molecule has 0 saturated heterocycles. The minimum absolute atomic E-state index is 0.0489. The predicted octanol–water partition coefficient (Wildman–Crippen LogP) is 5.59. The predicted molar refractivity (Wildman–Crippen MR) is 162 cm³/mol. The van der Waals surface area contributed by atoms with E-state index in [0.29, 0.717) is 36.7 Å². The van der Waals surface area contributed by atoms with E-state index >= 15 is 0 Å². The summed E-state index contributed by atoms with van der Waals surface area (Å²) < 4.78 is 7.26. The van der Waals surface area contributed by atoms with Gasteiger partial charge in [-0.2, -0.15) is 0 Å². The van der Waals surface area contributed by atoms with Crippen LogP contribution in [0, 0.1) is 6.92 Å². The molecular weight excluding hydrogens is 516 g/mol. The summed E-state index contributed by atoms with van der Waals surface area (Å²) in [6, 6.07) is 23.4. The van der Waals surface area contributed by atoms with Crippen LogP contribution in [0.2, 0.25) is 0 Å². The largest absolute Gasteiger partial charge is 0.494 e. The summed E-state index contributed by atoms with van der Waals surface area (Å²) in [7, 11) is 1.63. The third kappa shape index (κ3) is 6.90. The number of ether oxygens (including phenoxy) is 1. The second kappa shape index (κ2) is 14.1. The maximum absolute atomic E-state index is 14.0. The maximum Gasteiger partial charge on any atom is 0.320 e. The lowest BCUT2D eigenvalue weighted by atomic mass is 9.96. The number of nitrogens with zero attached hydrogens (tertiary/aromatic N) is 3. The molecule has 0 aliphatic rings. The van der Waals surface area contributed by atoms with Crippen molar-refractivity contribution in [2.45, 2.75) is 46.5 Å². The highest BCUT2D eigenvalue weighted by Gasteiger charge is 2.17. The molecule has 0 radical (unpaired) electrons. The smallest absolute Gasteiger partial charge is 0.320 e. The van der Waals surface area contributed by atoms with Crippen molar-refractivity contribution >= 4 is 12.3 Å². The summed E-state index contributed by atoms with van der Waals surface area (Å²) in [6.07, 6.45) is 3.21. The molecule has 41 heavy (non-hydrogen) atoms. The van der Waals surface area contributed by atoms with Gasteiger partial charge in [-0.3, -0.25) is 19.1 Å². The number of hydrogen-bond donors (Lipinski definition) is 1. The van der Waals surface area contributed by atoms with E-state index in [-0.39, 0.29) is 5.56 Å². The first-order valence-corrected chi connectivity index (χ1v) is 13.9. The summed E-state index contributed by atoms with van der Waals surface area (Å²) in [4.78, 5) is 38.5. The summed E-state index contributed by atoms with van der Waals surface area (Å²) in [6.45, 7) is 6.87. The van der Waals surface area contributed by atoms with Gasteiger partial charge in [0.1, 0.15) is 11.6 Å². The molecular formula is C33H36N4O4. The number of hydroxylamine groups is 1. The zero-order valence-electron chi connectivity index (χ0n) is 24.0. The number of aryl methyl sites for hydroxylation is 2. The zero-order valence-corrected chi connectivity index (χ0v) is 24.0. The number of nitrogens with one attached hydrogen (secondary N) is 1. The van der Waals surface area contributed by atoms with Crippen LogP contribution in [-0.4, -0.2) is 35.5 Å². The van der Waals surface area contributed by atoms with Crippen LogP contribution >= 0.6 is 0 Å². The zero-order chi connectivity index (χ0) is 29.2. The standard InChI is InChI=1S/C33H36N4O4/c1-5-7-12-31-30(33(39)37(23(3)35-31)26-17-19-27(20-18-26)40-6-2)21-24-13-15-25(16-14-24)28-10-8-9-11-29(28)32(34-4)36-41-22-38/h8-11,13-20,22H,5-7,12,21H2,1-4H3,(H,34,36). The maximum atomic E-state index is 14.0. The molecule has 4 rings (SSSR count). The summed E-state index contributed by atoms with van der Waals surface area (Å²) >= 11 is 0. The van der Waals surface area contributed by atoms with Gasteiger partial charge in [-0.15, -0.1) is 0 Å². The molecule has 8 nitrogen and oxygen atoms in total. The van der Waals surface area contributed by atoms with Crippen molar-refractivity contribution in [1.82, 2.24) is 15.0 Å². The average molecular weight is 553 g/mol. The van der Waals surface area contributed by atoms with Gasteiger partial charge in [-0.05, 0) is 67.6 Å². The SMILES string of the molecule is CCCCc1nc(C)n(-c2ccc(OCC)cc2)c(=O)c1Cc1ccc(-c2ccccc2C(=NC)NOC=O)cc1. The Bertz CT molecular complexity index is 1560. The fourth-order valence-electron chi connectivity index (χ4n) is 4.86. The van der Waals surface area contributed by atoms with Crippen LogP contribution in [-0.2, 0) is 22.5 Å². The Hall–Kier alpha value is -4.72. The first-order valence-electron chi connectivity index (χ1n) is 13.9. The first-order chi connectivity index (χ1) is 20.0. The molecule has 3 aromatic carbocycles. The summed E-state index contributed by atoms with van der Waals surface area (Å²) in [5.41, 5.74) is 8.57. The third-order valence-corrected chi connectivity index (χ3v) is 6.86. The van der Waals surface area contributed by atoms with Gasteiger partial charge in [0.25, 0.3) is 5.56 Å². The topological polar surface area (TPSA) is 94.8 Å². The van der Waals surface area contributed by atoms with E-state index in [9.17, 15) is 9.59 Å². The number of rotatable bonds is 12. The van der Waals surface area contributed by atoms with Crippen LogP contribution < -0.4 is 15.8 Å². The molecule has 1 heterocycles. The number of carbonyl (C=O) groups excluding carboxylic acids is 1. The molecule has 0 aliphatic heterocycles. The van der Waals surface area contributed by atoms with Gasteiger partial charge >= 0.3 is 6.47 Å². The highest BCUT2D eigenvalue weighted by molar-refractivity contribution is 6.04. The van der Waals surface area contributed by atoms with Crippen molar-refractivity contribution in [2.75, 3.05) is 13.7 Å². The number of aromatic nitrogens is 2. The van der Waals surface area contributed by atoms with E-state index in [1.165, 1.54) is 0 Å². The minimum Gasteiger partial charge on any atom is -0.494 e. The van der Waals surface area contributed by atoms with Gasteiger partial charge < -0.3 is 9.57 Å². The molecule has 0 unspecified atom stereocenters. The first kappa shape index (κ1) is 29.3. The lowest BCUT2D eigenvalue weighted by Crippen LogP contribution is -2.28. The van der Waals surface area contributed by atoms with E-state index < -0.39 is 0 Å². The molecule has 212 valence electrons. The van der Waals surface area contributed by atoms with Gasteiger partial charge in [0.2, 0.25) is 0 Å². The molecule has 1 N–H and O–H groups in total. The van der Waals surface area contributed by atoms with Gasteiger partial charge in [-0.25, -0.2) is 10.5 Å². The molecule has 8 heteroatoms. The van der Waals surface area contributed by atoms with E-state index in [1.54, 1.807) is 11.6 Å². The third-order valence-electron chi connectivity index (χ3n) is 6.86. The van der Waals surface area contributed by atoms with Crippen LogP contribution in [0.15, 0.2) is 82.6 Å². The van der Waals surface area contributed by atoms with Gasteiger partial charge in [0, 0.05) is 24.6 Å². The van der Waals surface area contributed by atoms with Crippen molar-refractivity contribution in [3.63, 3.8) is 0 Å². The van der Waals surface area contributed by atoms with Gasteiger partial charge in [-0.1, -0.05) is 61.9 Å². The summed E-state index contributed by atoms with van der Waals surface area (Å²) in [5.74, 6) is 1.88. The number of hydrogen-bond acceptors (Lipinski definition) is 6. The van der Waals surface area contributed by atoms with Crippen molar-refractivity contribution in [3.05, 3.63) is 111 Å². The van der Waals surface area contributed by atoms with E-state index in [1.807, 2.05) is 86.6 Å². The highest BCUT2D eigenvalue weighted by Crippen LogP contribution is 2.25. The molecule has 0 bridgehead atoms. The molecule has 0 spiro atoms. The average Bonchev–Trinajstić information content (AvgIpc) is 2.99. The molecule has 0 saturated carbocycles. The van der Waals surface area contributed by atoms with Crippen LogP contribution in [0.5, 0.6) is 5.75 Å². The Kier molecular flexibility index (Phi) is 10.0. The normalized spacial score (nSPS) is 11.3. The number of unbranched alkanes of at least 4 members (excludes halogenated alkanes) is 1. The number of benzene rings is 3. The van der Waals surface area contributed by atoms with Crippen LogP contribution in [0.4, 0.5) is 0 Å².